The molecule has 5 aliphatic carbocycles. The third kappa shape index (κ3) is 7.35. The largest absolute Gasteiger partial charge is 0.334 e. The molecular weight excluding hydrogens is 954 g/mol. The quantitative estimate of drug-likeness (QED) is 0.163. The lowest BCUT2D eigenvalue weighted by Gasteiger charge is -2.49. The van der Waals surface area contributed by atoms with Crippen LogP contribution >= 0.6 is 0 Å². The molecule has 3 heterocycles. The zero-order valence-corrected chi connectivity index (χ0v) is 52.2. The molecule has 0 aromatic heterocycles. The van der Waals surface area contributed by atoms with E-state index in [1.54, 1.807) is 11.1 Å². The van der Waals surface area contributed by atoms with E-state index in [4.69, 9.17) is 0 Å². The van der Waals surface area contributed by atoms with Crippen molar-refractivity contribution in [3.05, 3.63) is 147 Å². The Hall–Kier alpha value is -5.22. The number of rotatable bonds is 3. The Bertz CT molecular complexity index is 3660. The molecule has 0 saturated heterocycles. The minimum Gasteiger partial charge on any atom is -0.334 e. The van der Waals surface area contributed by atoms with Crippen molar-refractivity contribution >= 4 is 68.6 Å². The van der Waals surface area contributed by atoms with E-state index in [0.29, 0.717) is 0 Å². The van der Waals surface area contributed by atoms with E-state index in [2.05, 4.69) is 237 Å². The van der Waals surface area contributed by atoms with Gasteiger partial charge in [-0.2, -0.15) is 0 Å². The molecule has 1 fully saturated rings. The predicted molar refractivity (Wildman–Crippen MR) is 339 cm³/mol. The van der Waals surface area contributed by atoms with Gasteiger partial charge >= 0.3 is 0 Å². The standard InChI is InChI=1S/C75H92BN3/c1-66(2,3)49-21-25-60-57(33-49)74(18)43-69(8,9)44-75(74,19)79(60)52-35-63-65-64(36-52)78(51-23-24-53-54(34-51)71(12,13)27-26-70(53,10)11)62-38-56-55(72(14,15)28-29-73(56,16)17)37-59(62)76(65)58-31-47-41-68(6,7)42-48(47)32-61(58)77(63)50-22-20-45-39-67(4,5)40-46(45)30-50/h20-25,30-38H,26-29,39-44H2,1-19H3. The number of hydrogen-bond donors (Lipinski definition) is 0. The zero-order chi connectivity index (χ0) is 56.1. The monoisotopic (exact) mass is 1050 g/mol. The van der Waals surface area contributed by atoms with Crippen molar-refractivity contribution in [2.24, 2.45) is 16.2 Å². The van der Waals surface area contributed by atoms with Crippen molar-refractivity contribution in [2.75, 3.05) is 14.7 Å². The summed E-state index contributed by atoms with van der Waals surface area (Å²) >= 11 is 0. The van der Waals surface area contributed by atoms with Crippen LogP contribution in [0.4, 0.5) is 45.5 Å². The Morgan fingerprint density at radius 2 is 0.873 bits per heavy atom. The fourth-order valence-corrected chi connectivity index (χ4v) is 18.6. The molecular formula is C75H92BN3. The first kappa shape index (κ1) is 51.9. The molecule has 0 radical (unpaired) electrons. The molecule has 14 rings (SSSR count). The van der Waals surface area contributed by atoms with Crippen molar-refractivity contribution in [1.29, 1.82) is 0 Å². The van der Waals surface area contributed by atoms with Crippen molar-refractivity contribution < 1.29 is 0 Å². The highest BCUT2D eigenvalue weighted by Gasteiger charge is 2.64. The average molecular weight is 1050 g/mol. The lowest BCUT2D eigenvalue weighted by atomic mass is 9.33. The Balaban J connectivity index is 1.13. The van der Waals surface area contributed by atoms with Crippen LogP contribution in [-0.2, 0) is 58.2 Å². The fraction of sp³-hybridized carbons (Fsp3) is 0.520. The number of anilines is 8. The molecule has 0 bridgehead atoms. The highest BCUT2D eigenvalue weighted by molar-refractivity contribution is 7.00. The minimum absolute atomic E-state index is 0.0377. The van der Waals surface area contributed by atoms with Gasteiger partial charge in [0.05, 0.1) is 5.54 Å². The van der Waals surface area contributed by atoms with Gasteiger partial charge < -0.3 is 14.7 Å². The first-order chi connectivity index (χ1) is 36.6. The molecule has 2 atom stereocenters. The molecule has 8 aliphatic rings. The molecule has 79 heavy (non-hydrogen) atoms. The van der Waals surface area contributed by atoms with Gasteiger partial charge in [-0.3, -0.25) is 0 Å². The second kappa shape index (κ2) is 15.7. The van der Waals surface area contributed by atoms with Gasteiger partial charge in [-0.1, -0.05) is 161 Å². The average Bonchev–Trinajstić information content (AvgIpc) is 2.63. The van der Waals surface area contributed by atoms with Crippen molar-refractivity contribution in [2.45, 2.75) is 234 Å². The summed E-state index contributed by atoms with van der Waals surface area (Å²) in [7, 11) is 0. The Labute approximate surface area is 477 Å². The van der Waals surface area contributed by atoms with E-state index in [-0.39, 0.29) is 61.0 Å². The van der Waals surface area contributed by atoms with Gasteiger partial charge in [0, 0.05) is 50.9 Å². The van der Waals surface area contributed by atoms with Crippen LogP contribution in [0.25, 0.3) is 0 Å². The van der Waals surface area contributed by atoms with E-state index in [9.17, 15) is 0 Å². The first-order valence-electron chi connectivity index (χ1n) is 31.0. The summed E-state index contributed by atoms with van der Waals surface area (Å²) in [5, 5.41) is 0. The molecule has 0 amide bonds. The number of benzene rings is 6. The lowest BCUT2D eigenvalue weighted by molar-refractivity contribution is 0.330. The van der Waals surface area contributed by atoms with Crippen LogP contribution in [0, 0.1) is 16.2 Å². The summed E-state index contributed by atoms with van der Waals surface area (Å²) in [5.41, 5.74) is 30.9. The topological polar surface area (TPSA) is 9.72 Å². The van der Waals surface area contributed by atoms with Crippen LogP contribution in [-0.4, -0.2) is 12.3 Å². The van der Waals surface area contributed by atoms with Crippen molar-refractivity contribution in [1.82, 2.24) is 0 Å². The summed E-state index contributed by atoms with van der Waals surface area (Å²) in [6, 6.07) is 39.3. The summed E-state index contributed by atoms with van der Waals surface area (Å²) in [6.45, 7) is 47.6. The van der Waals surface area contributed by atoms with Crippen LogP contribution in [0.1, 0.15) is 226 Å². The molecule has 6 aromatic rings. The van der Waals surface area contributed by atoms with Crippen LogP contribution < -0.4 is 31.1 Å². The Morgan fingerprint density at radius 1 is 0.380 bits per heavy atom. The molecule has 2 unspecified atom stereocenters. The van der Waals surface area contributed by atoms with Gasteiger partial charge in [0.2, 0.25) is 0 Å². The van der Waals surface area contributed by atoms with Crippen LogP contribution in [0.15, 0.2) is 91.0 Å². The molecule has 0 N–H and O–H groups in total. The summed E-state index contributed by atoms with van der Waals surface area (Å²) in [4.78, 5) is 8.50. The van der Waals surface area contributed by atoms with E-state index in [0.717, 1.165) is 38.5 Å². The van der Waals surface area contributed by atoms with Crippen molar-refractivity contribution in [3.63, 3.8) is 0 Å². The Kier molecular flexibility index (Phi) is 10.3. The summed E-state index contributed by atoms with van der Waals surface area (Å²) in [6.07, 6.45) is 11.5. The van der Waals surface area contributed by atoms with E-state index >= 15 is 0 Å². The maximum absolute atomic E-state index is 2.89. The van der Waals surface area contributed by atoms with E-state index in [1.807, 2.05) is 0 Å². The predicted octanol–water partition coefficient (Wildman–Crippen LogP) is 18.0. The van der Waals surface area contributed by atoms with E-state index in [1.165, 1.54) is 132 Å². The fourth-order valence-electron chi connectivity index (χ4n) is 18.6. The van der Waals surface area contributed by atoms with Gasteiger partial charge in [-0.25, -0.2) is 0 Å². The maximum Gasteiger partial charge on any atom is 0.252 e. The van der Waals surface area contributed by atoms with Gasteiger partial charge in [-0.05, 0) is 241 Å². The number of fused-ring (bicyclic) bond motifs is 11. The zero-order valence-electron chi connectivity index (χ0n) is 52.2. The second-order valence-corrected chi connectivity index (χ2v) is 33.8. The molecule has 6 aromatic carbocycles. The van der Waals surface area contributed by atoms with E-state index < -0.39 is 0 Å². The first-order valence-corrected chi connectivity index (χ1v) is 31.0. The van der Waals surface area contributed by atoms with Crippen LogP contribution in [0.3, 0.4) is 0 Å². The van der Waals surface area contributed by atoms with Crippen LogP contribution in [0.5, 0.6) is 0 Å². The maximum atomic E-state index is 2.89. The van der Waals surface area contributed by atoms with Gasteiger partial charge in [0.25, 0.3) is 6.71 Å². The number of hydrogen-bond acceptors (Lipinski definition) is 3. The second-order valence-electron chi connectivity index (χ2n) is 33.8. The van der Waals surface area contributed by atoms with Gasteiger partial charge in [0.15, 0.2) is 0 Å². The normalized spacial score (nSPS) is 25.9. The molecule has 4 heteroatoms. The molecule has 3 aliphatic heterocycles. The summed E-state index contributed by atoms with van der Waals surface area (Å²) < 4.78 is 0. The third-order valence-electron chi connectivity index (χ3n) is 22.9. The highest BCUT2D eigenvalue weighted by atomic mass is 15.3. The molecule has 3 nitrogen and oxygen atoms in total. The Morgan fingerprint density at radius 3 is 1.48 bits per heavy atom. The molecule has 1 saturated carbocycles. The lowest BCUT2D eigenvalue weighted by Crippen LogP contribution is -2.62. The molecule has 410 valence electrons. The minimum atomic E-state index is -0.174. The SMILES string of the molecule is CC1(C)Cc2ccc(N3c4cc5c(cc4B4c6cc7c(cc6N(c6ccc8c(c6)C(C)(C)CCC8(C)C)c6cc(N8c9ccc(C(C)(C)C)cc9C9(C)CC(C)(C)CC89C)cc3c64)C(C)(C)CCC7(C)C)CC(C)(C)C5)cc2C1. The third-order valence-corrected chi connectivity index (χ3v) is 22.9. The smallest absolute Gasteiger partial charge is 0.252 e. The summed E-state index contributed by atoms with van der Waals surface area (Å²) in [5.74, 6) is 0. The molecule has 0 spiro atoms. The number of nitrogens with zero attached hydrogens (tertiary/aromatic N) is 3. The van der Waals surface area contributed by atoms with Crippen molar-refractivity contribution in [3.8, 4) is 0 Å². The van der Waals surface area contributed by atoms with Crippen LogP contribution in [0.2, 0.25) is 0 Å². The van der Waals surface area contributed by atoms with Gasteiger partial charge in [-0.15, -0.1) is 0 Å². The highest BCUT2D eigenvalue weighted by Crippen LogP contribution is 2.68. The van der Waals surface area contributed by atoms with Gasteiger partial charge in [0.1, 0.15) is 0 Å².